The van der Waals surface area contributed by atoms with Crippen molar-refractivity contribution in [3.8, 4) is 5.75 Å². The quantitative estimate of drug-likeness (QED) is 0.461. The van der Waals surface area contributed by atoms with Crippen molar-refractivity contribution in [3.63, 3.8) is 0 Å². The fourth-order valence-corrected chi connectivity index (χ4v) is 5.52. The molecule has 3 aromatic carbocycles. The Balaban J connectivity index is 1.12. The fraction of sp³-hybridized carbons (Fsp3) is 0.387. The van der Waals surface area contributed by atoms with Crippen LogP contribution in [0, 0.1) is 11.8 Å². The lowest BCUT2D eigenvalue weighted by Crippen LogP contribution is -2.41. The van der Waals surface area contributed by atoms with Gasteiger partial charge < -0.3 is 20.1 Å². The number of amides is 1. The molecule has 5 rings (SSSR count). The van der Waals surface area contributed by atoms with E-state index in [1.807, 2.05) is 36.4 Å². The molecule has 2 atom stereocenters. The van der Waals surface area contributed by atoms with Crippen LogP contribution >= 0.6 is 0 Å². The number of β-amino-alcohol motifs (C(OH)–C–C–N with tert-alkyl or cyclic N) is 1. The van der Waals surface area contributed by atoms with E-state index in [0.717, 1.165) is 54.9 Å². The van der Waals surface area contributed by atoms with Gasteiger partial charge in [0.05, 0.1) is 0 Å². The summed E-state index contributed by atoms with van der Waals surface area (Å²) in [6.45, 7) is 2.91. The Hall–Kier alpha value is -3.15. The number of hydrogen-bond acceptors (Lipinski definition) is 4. The van der Waals surface area contributed by atoms with Crippen molar-refractivity contribution in [2.24, 2.45) is 11.8 Å². The number of carbonyl (C=O) groups excluding carboxylic acids is 1. The molecule has 0 aliphatic carbocycles. The van der Waals surface area contributed by atoms with Crippen LogP contribution in [0.5, 0.6) is 5.75 Å². The topological polar surface area (TPSA) is 61.8 Å². The van der Waals surface area contributed by atoms with Gasteiger partial charge in [0.2, 0.25) is 5.91 Å². The van der Waals surface area contributed by atoms with Gasteiger partial charge in [0.15, 0.2) is 0 Å². The third-order valence-electron chi connectivity index (χ3n) is 7.51. The maximum absolute atomic E-state index is 12.7. The highest BCUT2D eigenvalue weighted by atomic mass is 16.5. The SMILES string of the molecule is O=C1Nc2cccc(OCC(O)CN3CCC(Cc4ccccc4)CC3)c2CC1Cc1ccccc1. The lowest BCUT2D eigenvalue weighted by atomic mass is 9.88. The third kappa shape index (κ3) is 6.34. The molecular weight excluding hydrogens is 448 g/mol. The predicted octanol–water partition coefficient (Wildman–Crippen LogP) is 4.73. The minimum atomic E-state index is -0.551. The molecule has 0 radical (unpaired) electrons. The van der Waals surface area contributed by atoms with Crippen LogP contribution in [0.25, 0.3) is 0 Å². The smallest absolute Gasteiger partial charge is 0.228 e. The lowest BCUT2D eigenvalue weighted by molar-refractivity contribution is -0.120. The van der Waals surface area contributed by atoms with Gasteiger partial charge in [0, 0.05) is 23.7 Å². The van der Waals surface area contributed by atoms with Crippen LogP contribution in [0.3, 0.4) is 0 Å². The second kappa shape index (κ2) is 11.7. The zero-order valence-corrected chi connectivity index (χ0v) is 20.8. The first-order chi connectivity index (χ1) is 17.6. The van der Waals surface area contributed by atoms with Crippen molar-refractivity contribution in [2.45, 2.75) is 38.2 Å². The van der Waals surface area contributed by atoms with E-state index < -0.39 is 6.10 Å². The maximum Gasteiger partial charge on any atom is 0.228 e. The molecule has 2 aliphatic rings. The first-order valence-corrected chi connectivity index (χ1v) is 13.2. The van der Waals surface area contributed by atoms with Gasteiger partial charge in [-0.15, -0.1) is 0 Å². The highest BCUT2D eigenvalue weighted by Gasteiger charge is 2.29. The normalized spacial score (nSPS) is 19.4. The number of aliphatic hydroxyl groups is 1. The molecule has 36 heavy (non-hydrogen) atoms. The number of carbonyl (C=O) groups is 1. The summed E-state index contributed by atoms with van der Waals surface area (Å²) in [6, 6.07) is 26.6. The Morgan fingerprint density at radius 3 is 2.25 bits per heavy atom. The Bertz CT molecular complexity index is 1130. The number of hydrogen-bond donors (Lipinski definition) is 2. The van der Waals surface area contributed by atoms with E-state index in [2.05, 4.69) is 52.7 Å². The average Bonchev–Trinajstić information content (AvgIpc) is 2.90. The molecule has 2 N–H and O–H groups in total. The van der Waals surface area contributed by atoms with Crippen LogP contribution in [0.15, 0.2) is 78.9 Å². The summed E-state index contributed by atoms with van der Waals surface area (Å²) in [6.07, 6.45) is 4.25. The minimum absolute atomic E-state index is 0.0548. The van der Waals surface area contributed by atoms with E-state index in [1.54, 1.807) is 0 Å². The van der Waals surface area contributed by atoms with Crippen molar-refractivity contribution >= 4 is 11.6 Å². The molecule has 0 aromatic heterocycles. The molecular formula is C31H36N2O3. The number of piperidine rings is 1. The van der Waals surface area contributed by atoms with Crippen LogP contribution in [0.1, 0.15) is 29.5 Å². The van der Waals surface area contributed by atoms with E-state index >= 15 is 0 Å². The van der Waals surface area contributed by atoms with Crippen LogP contribution < -0.4 is 10.1 Å². The predicted molar refractivity (Wildman–Crippen MR) is 143 cm³/mol. The van der Waals surface area contributed by atoms with E-state index in [1.165, 1.54) is 5.56 Å². The number of nitrogens with zero attached hydrogens (tertiary/aromatic N) is 1. The van der Waals surface area contributed by atoms with Gasteiger partial charge in [-0.2, -0.15) is 0 Å². The Morgan fingerprint density at radius 1 is 0.889 bits per heavy atom. The Kier molecular flexibility index (Phi) is 7.99. The van der Waals surface area contributed by atoms with Gasteiger partial charge in [-0.1, -0.05) is 66.7 Å². The second-order valence-corrected chi connectivity index (χ2v) is 10.3. The van der Waals surface area contributed by atoms with Gasteiger partial charge in [0.1, 0.15) is 18.5 Å². The summed E-state index contributed by atoms with van der Waals surface area (Å²) in [4.78, 5) is 15.0. The number of benzene rings is 3. The highest BCUT2D eigenvalue weighted by molar-refractivity contribution is 5.96. The van der Waals surface area contributed by atoms with Gasteiger partial charge >= 0.3 is 0 Å². The monoisotopic (exact) mass is 484 g/mol. The number of aliphatic hydroxyl groups excluding tert-OH is 1. The van der Waals surface area contributed by atoms with Crippen molar-refractivity contribution in [3.05, 3.63) is 95.6 Å². The van der Waals surface area contributed by atoms with Crippen LogP contribution in [0.2, 0.25) is 0 Å². The molecule has 0 bridgehead atoms. The number of likely N-dealkylation sites (tertiary alicyclic amines) is 1. The molecule has 1 amide bonds. The van der Waals surface area contributed by atoms with Crippen LogP contribution in [-0.2, 0) is 24.1 Å². The summed E-state index contributed by atoms with van der Waals surface area (Å²) < 4.78 is 6.11. The Labute approximate surface area is 214 Å². The van der Waals surface area contributed by atoms with Gasteiger partial charge in [-0.25, -0.2) is 0 Å². The maximum atomic E-state index is 12.7. The van der Waals surface area contributed by atoms with Crippen molar-refractivity contribution in [1.29, 1.82) is 0 Å². The lowest BCUT2D eigenvalue weighted by Gasteiger charge is -2.33. The molecule has 5 nitrogen and oxygen atoms in total. The first-order valence-electron chi connectivity index (χ1n) is 13.2. The summed E-state index contributed by atoms with van der Waals surface area (Å²) >= 11 is 0. The van der Waals surface area contributed by atoms with Crippen LogP contribution in [0.4, 0.5) is 5.69 Å². The molecule has 2 heterocycles. The zero-order chi connectivity index (χ0) is 24.7. The fourth-order valence-electron chi connectivity index (χ4n) is 5.52. The first kappa shape index (κ1) is 24.5. The highest BCUT2D eigenvalue weighted by Crippen LogP contribution is 2.34. The van der Waals surface area contributed by atoms with Crippen LogP contribution in [-0.4, -0.2) is 48.3 Å². The summed E-state index contributed by atoms with van der Waals surface area (Å²) in [7, 11) is 0. The number of ether oxygens (including phenoxy) is 1. The van der Waals surface area contributed by atoms with Crippen molar-refractivity contribution in [2.75, 3.05) is 31.6 Å². The minimum Gasteiger partial charge on any atom is -0.490 e. The van der Waals surface area contributed by atoms with Crippen molar-refractivity contribution in [1.82, 2.24) is 4.90 Å². The molecule has 0 spiro atoms. The molecule has 0 saturated carbocycles. The molecule has 1 fully saturated rings. The van der Waals surface area contributed by atoms with E-state index in [0.29, 0.717) is 25.3 Å². The van der Waals surface area contributed by atoms with Gasteiger partial charge in [-0.05, 0) is 74.4 Å². The molecule has 3 aromatic rings. The molecule has 188 valence electrons. The molecule has 5 heteroatoms. The third-order valence-corrected chi connectivity index (χ3v) is 7.51. The van der Waals surface area contributed by atoms with E-state index in [4.69, 9.17) is 4.74 Å². The largest absolute Gasteiger partial charge is 0.490 e. The summed E-state index contributed by atoms with van der Waals surface area (Å²) in [5, 5.41) is 13.8. The molecule has 1 saturated heterocycles. The van der Waals surface area contributed by atoms with Gasteiger partial charge in [0.25, 0.3) is 0 Å². The van der Waals surface area contributed by atoms with Crippen molar-refractivity contribution < 1.29 is 14.6 Å². The second-order valence-electron chi connectivity index (χ2n) is 10.3. The molecule has 2 aliphatic heterocycles. The number of anilines is 1. The number of nitrogens with one attached hydrogen (secondary N) is 1. The molecule has 2 unspecified atom stereocenters. The summed E-state index contributed by atoms with van der Waals surface area (Å²) in [5.74, 6) is 1.39. The zero-order valence-electron chi connectivity index (χ0n) is 20.8. The van der Waals surface area contributed by atoms with Gasteiger partial charge in [-0.3, -0.25) is 4.79 Å². The number of fused-ring (bicyclic) bond motifs is 1. The Morgan fingerprint density at radius 2 is 1.56 bits per heavy atom. The van der Waals surface area contributed by atoms with E-state index in [-0.39, 0.29) is 18.4 Å². The number of rotatable bonds is 9. The summed E-state index contributed by atoms with van der Waals surface area (Å²) in [5.41, 5.74) is 4.41. The van der Waals surface area contributed by atoms with E-state index in [9.17, 15) is 9.90 Å². The average molecular weight is 485 g/mol. The standard InChI is InChI=1S/C31H36N2O3/c34-27(21-33-16-14-25(15-17-33)18-23-8-3-1-4-9-23)22-36-30-13-7-12-29-28(30)20-26(31(35)32-29)19-24-10-5-2-6-11-24/h1-13,25-27,34H,14-22H2,(H,32,35).